The summed E-state index contributed by atoms with van der Waals surface area (Å²) in [6.45, 7) is 11.7. The van der Waals surface area contributed by atoms with Crippen LogP contribution in [-0.2, 0) is 0 Å². The van der Waals surface area contributed by atoms with Crippen LogP contribution in [0.25, 0.3) is 0 Å². The lowest BCUT2D eigenvalue weighted by Crippen LogP contribution is -2.40. The van der Waals surface area contributed by atoms with Gasteiger partial charge in [-0.05, 0) is 44.2 Å². The van der Waals surface area contributed by atoms with E-state index >= 15 is 0 Å². The average molecular weight is 273 g/mol. The second-order valence-corrected chi connectivity index (χ2v) is 7.21. The molecule has 1 aromatic rings. The summed E-state index contributed by atoms with van der Waals surface area (Å²) in [4.78, 5) is 14.6. The molecule has 1 heterocycles. The van der Waals surface area contributed by atoms with Gasteiger partial charge in [-0.25, -0.2) is 0 Å². The van der Waals surface area contributed by atoms with Gasteiger partial charge >= 0.3 is 0 Å². The monoisotopic (exact) mass is 273 g/mol. The van der Waals surface area contributed by atoms with Gasteiger partial charge in [0.2, 0.25) is 0 Å². The molecule has 0 radical (unpaired) electrons. The number of rotatable bonds is 3. The SMILES string of the molecule is Cc1ccc(C(=O)CN2CCC(C(C)(C)C)CC2)cc1. The van der Waals surface area contributed by atoms with Crippen molar-refractivity contribution in [2.45, 2.75) is 40.5 Å². The number of likely N-dealkylation sites (tertiary alicyclic amines) is 1. The van der Waals surface area contributed by atoms with Crippen LogP contribution >= 0.6 is 0 Å². The number of Topliss-reactive ketones (excluding diaryl/α,β-unsaturated/α-hetero) is 1. The largest absolute Gasteiger partial charge is 0.296 e. The van der Waals surface area contributed by atoms with Crippen LogP contribution in [0.4, 0.5) is 0 Å². The molecule has 2 nitrogen and oxygen atoms in total. The van der Waals surface area contributed by atoms with Crippen molar-refractivity contribution in [1.82, 2.24) is 4.90 Å². The Morgan fingerprint density at radius 2 is 1.70 bits per heavy atom. The Morgan fingerprint density at radius 1 is 1.15 bits per heavy atom. The van der Waals surface area contributed by atoms with E-state index in [1.165, 1.54) is 18.4 Å². The molecular weight excluding hydrogens is 246 g/mol. The number of benzene rings is 1. The van der Waals surface area contributed by atoms with Crippen molar-refractivity contribution in [3.05, 3.63) is 35.4 Å². The third-order valence-electron chi connectivity index (χ3n) is 4.55. The topological polar surface area (TPSA) is 20.3 Å². The van der Waals surface area contributed by atoms with Crippen molar-refractivity contribution < 1.29 is 4.79 Å². The van der Waals surface area contributed by atoms with Gasteiger partial charge < -0.3 is 0 Å². The second-order valence-electron chi connectivity index (χ2n) is 7.21. The Bertz CT molecular complexity index is 447. The second kappa shape index (κ2) is 6.09. The fourth-order valence-electron chi connectivity index (χ4n) is 2.99. The Balaban J connectivity index is 1.86. The van der Waals surface area contributed by atoms with Crippen LogP contribution in [0.2, 0.25) is 0 Å². The quantitative estimate of drug-likeness (QED) is 0.778. The Kier molecular flexibility index (Phi) is 4.64. The lowest BCUT2D eigenvalue weighted by molar-refractivity contribution is 0.0822. The van der Waals surface area contributed by atoms with Crippen molar-refractivity contribution in [3.63, 3.8) is 0 Å². The minimum absolute atomic E-state index is 0.249. The number of aryl methyl sites for hydroxylation is 1. The van der Waals surface area contributed by atoms with Crippen molar-refractivity contribution in [3.8, 4) is 0 Å². The van der Waals surface area contributed by atoms with E-state index in [4.69, 9.17) is 0 Å². The van der Waals surface area contributed by atoms with Gasteiger partial charge in [0.15, 0.2) is 5.78 Å². The van der Waals surface area contributed by atoms with E-state index in [0.717, 1.165) is 24.6 Å². The first-order chi connectivity index (χ1) is 9.36. The van der Waals surface area contributed by atoms with E-state index in [2.05, 4.69) is 25.7 Å². The molecule has 0 saturated carbocycles. The highest BCUT2D eigenvalue weighted by molar-refractivity contribution is 5.97. The summed E-state index contributed by atoms with van der Waals surface area (Å²) in [5.74, 6) is 1.03. The number of hydrogen-bond acceptors (Lipinski definition) is 2. The van der Waals surface area contributed by atoms with Crippen LogP contribution < -0.4 is 0 Å². The third kappa shape index (κ3) is 3.92. The van der Waals surface area contributed by atoms with Crippen LogP contribution in [0.5, 0.6) is 0 Å². The van der Waals surface area contributed by atoms with Crippen molar-refractivity contribution >= 4 is 5.78 Å². The molecule has 0 unspecified atom stereocenters. The standard InChI is InChI=1S/C18H27NO/c1-14-5-7-15(8-6-14)17(20)13-19-11-9-16(10-12-19)18(2,3)4/h5-8,16H,9-13H2,1-4H3. The molecule has 0 bridgehead atoms. The molecule has 0 aromatic heterocycles. The molecular formula is C18H27NO. The lowest BCUT2D eigenvalue weighted by Gasteiger charge is -2.38. The molecule has 1 saturated heterocycles. The van der Waals surface area contributed by atoms with Gasteiger partial charge in [-0.1, -0.05) is 50.6 Å². The van der Waals surface area contributed by atoms with Gasteiger partial charge in [0.25, 0.3) is 0 Å². The van der Waals surface area contributed by atoms with Crippen molar-refractivity contribution in [2.75, 3.05) is 19.6 Å². The van der Waals surface area contributed by atoms with Crippen molar-refractivity contribution in [1.29, 1.82) is 0 Å². The van der Waals surface area contributed by atoms with Gasteiger partial charge in [-0.15, -0.1) is 0 Å². The minimum Gasteiger partial charge on any atom is -0.296 e. The number of hydrogen-bond donors (Lipinski definition) is 0. The molecule has 0 aliphatic carbocycles. The molecule has 0 N–H and O–H groups in total. The first-order valence-electron chi connectivity index (χ1n) is 7.68. The molecule has 20 heavy (non-hydrogen) atoms. The van der Waals surface area contributed by atoms with Crippen LogP contribution in [0.15, 0.2) is 24.3 Å². The minimum atomic E-state index is 0.249. The van der Waals surface area contributed by atoms with Crippen LogP contribution in [0, 0.1) is 18.3 Å². The summed E-state index contributed by atoms with van der Waals surface area (Å²) < 4.78 is 0. The maximum atomic E-state index is 12.3. The van der Waals surface area contributed by atoms with E-state index in [0.29, 0.717) is 12.0 Å². The molecule has 1 aliphatic heterocycles. The van der Waals surface area contributed by atoms with Gasteiger partial charge in [-0.2, -0.15) is 0 Å². The number of piperidine rings is 1. The summed E-state index contributed by atoms with van der Waals surface area (Å²) in [6, 6.07) is 7.91. The summed E-state index contributed by atoms with van der Waals surface area (Å²) >= 11 is 0. The molecule has 2 rings (SSSR count). The van der Waals surface area contributed by atoms with Gasteiger partial charge in [0.05, 0.1) is 6.54 Å². The van der Waals surface area contributed by atoms with E-state index in [9.17, 15) is 4.79 Å². The van der Waals surface area contributed by atoms with Gasteiger partial charge in [0, 0.05) is 5.56 Å². The number of carbonyl (C=O) groups is 1. The molecule has 0 spiro atoms. The normalized spacial score (nSPS) is 18.2. The van der Waals surface area contributed by atoms with E-state index in [1.807, 2.05) is 31.2 Å². The summed E-state index contributed by atoms with van der Waals surface area (Å²) in [5, 5.41) is 0. The van der Waals surface area contributed by atoms with Crippen LogP contribution in [0.3, 0.4) is 0 Å². The Morgan fingerprint density at radius 3 is 2.20 bits per heavy atom. The first-order valence-corrected chi connectivity index (χ1v) is 7.68. The van der Waals surface area contributed by atoms with Crippen molar-refractivity contribution in [2.24, 2.45) is 11.3 Å². The molecule has 1 aliphatic rings. The Hall–Kier alpha value is -1.15. The number of nitrogens with zero attached hydrogens (tertiary/aromatic N) is 1. The van der Waals surface area contributed by atoms with Crippen LogP contribution in [-0.4, -0.2) is 30.3 Å². The molecule has 110 valence electrons. The molecule has 2 heteroatoms. The summed E-state index contributed by atoms with van der Waals surface area (Å²) in [6.07, 6.45) is 2.43. The lowest BCUT2D eigenvalue weighted by atomic mass is 9.75. The number of ketones is 1. The molecule has 0 amide bonds. The van der Waals surface area contributed by atoms with Crippen LogP contribution in [0.1, 0.15) is 49.5 Å². The highest BCUT2D eigenvalue weighted by atomic mass is 16.1. The molecule has 0 atom stereocenters. The first kappa shape index (κ1) is 15.2. The predicted octanol–water partition coefficient (Wildman–Crippen LogP) is 3.94. The zero-order valence-electron chi connectivity index (χ0n) is 13.3. The molecule has 1 fully saturated rings. The van der Waals surface area contributed by atoms with E-state index in [-0.39, 0.29) is 5.78 Å². The maximum absolute atomic E-state index is 12.3. The van der Waals surface area contributed by atoms with Gasteiger partial charge in [0.1, 0.15) is 0 Å². The summed E-state index contributed by atoms with van der Waals surface area (Å²) in [5.41, 5.74) is 2.44. The third-order valence-corrected chi connectivity index (χ3v) is 4.55. The fourth-order valence-corrected chi connectivity index (χ4v) is 2.99. The average Bonchev–Trinajstić information content (AvgIpc) is 2.39. The Labute approximate surface area is 123 Å². The smallest absolute Gasteiger partial charge is 0.176 e. The zero-order chi connectivity index (χ0) is 14.8. The molecule has 1 aromatic carbocycles. The van der Waals surface area contributed by atoms with Gasteiger partial charge in [-0.3, -0.25) is 9.69 Å². The predicted molar refractivity (Wildman–Crippen MR) is 84.1 cm³/mol. The maximum Gasteiger partial charge on any atom is 0.176 e. The zero-order valence-corrected chi connectivity index (χ0v) is 13.3. The fraction of sp³-hybridized carbons (Fsp3) is 0.611. The summed E-state index contributed by atoms with van der Waals surface area (Å²) in [7, 11) is 0. The highest BCUT2D eigenvalue weighted by Gasteiger charge is 2.29. The van der Waals surface area contributed by atoms with E-state index in [1.54, 1.807) is 0 Å². The van der Waals surface area contributed by atoms with E-state index < -0.39 is 0 Å². The highest BCUT2D eigenvalue weighted by Crippen LogP contribution is 2.34. The number of carbonyl (C=O) groups excluding carboxylic acids is 1.